The fourth-order valence-corrected chi connectivity index (χ4v) is 12.0. The van der Waals surface area contributed by atoms with Crippen LogP contribution in [0.4, 0.5) is 17.1 Å². The number of rotatable bonds is 6. The molecule has 4 fully saturated rings. The van der Waals surface area contributed by atoms with Gasteiger partial charge in [-0.3, -0.25) is 0 Å². The van der Waals surface area contributed by atoms with Crippen LogP contribution in [0.1, 0.15) is 68.2 Å². The van der Waals surface area contributed by atoms with Crippen LogP contribution in [0.5, 0.6) is 0 Å². The van der Waals surface area contributed by atoms with Crippen LogP contribution in [0, 0.1) is 23.7 Å². The lowest BCUT2D eigenvalue weighted by molar-refractivity contribution is -0.0399. The van der Waals surface area contributed by atoms with Crippen LogP contribution in [0.2, 0.25) is 0 Å². The number of anilines is 3. The molecule has 4 saturated carbocycles. The Labute approximate surface area is 307 Å². The van der Waals surface area contributed by atoms with Crippen molar-refractivity contribution in [2.45, 2.75) is 64.2 Å². The van der Waals surface area contributed by atoms with Gasteiger partial charge in [0, 0.05) is 39.2 Å². The smallest absolute Gasteiger partial charge is 0.137 e. The van der Waals surface area contributed by atoms with Crippen LogP contribution in [0.3, 0.4) is 0 Å². The zero-order valence-corrected chi connectivity index (χ0v) is 30.2. The molecule has 256 valence electrons. The van der Waals surface area contributed by atoms with E-state index in [2.05, 4.69) is 146 Å². The molecular weight excluding hydrogens is 631 g/mol. The van der Waals surface area contributed by atoms with Crippen molar-refractivity contribution in [3.63, 3.8) is 0 Å². The monoisotopic (exact) mass is 675 g/mol. The molecule has 52 heavy (non-hydrogen) atoms. The second kappa shape index (κ2) is 11.5. The Balaban J connectivity index is 1.16. The summed E-state index contributed by atoms with van der Waals surface area (Å²) in [7, 11) is 0. The third kappa shape index (κ3) is 4.18. The molecule has 0 atom stereocenters. The van der Waals surface area contributed by atoms with Gasteiger partial charge in [0.15, 0.2) is 0 Å². The fourth-order valence-electron chi connectivity index (χ4n) is 12.0. The maximum absolute atomic E-state index is 6.54. The van der Waals surface area contributed by atoms with Gasteiger partial charge in [-0.05, 0) is 144 Å². The largest absolute Gasteiger partial charge is 0.456 e. The summed E-state index contributed by atoms with van der Waals surface area (Å²) >= 11 is 0. The Morgan fingerprint density at radius 1 is 0.538 bits per heavy atom. The number of nitrogens with zero attached hydrogens (tertiary/aromatic N) is 1. The van der Waals surface area contributed by atoms with E-state index in [0.29, 0.717) is 0 Å². The Morgan fingerprint density at radius 2 is 1.17 bits per heavy atom. The number of benzene rings is 6. The van der Waals surface area contributed by atoms with Gasteiger partial charge in [0.2, 0.25) is 0 Å². The van der Waals surface area contributed by atoms with E-state index in [4.69, 9.17) is 4.42 Å². The van der Waals surface area contributed by atoms with Crippen molar-refractivity contribution in [2.24, 2.45) is 23.7 Å². The minimum absolute atomic E-state index is 0.117. The standard InChI is InChI=1S/C50H45NO/c1-3-33-12-5-6-13-39(33)40-22-20-37(29-34(40)4-2)51(38-21-23-42-41-14-8-10-19-47(41)52-48(42)30-38)46-18-11-17-45-49(46)43-15-7-9-16-44(43)50(45)35-25-31-24-32(27-35)28-36(50)26-31/h5-23,29-32,35-36H,3-4,24-28H2,1-2H3. The molecular formula is C50H45NO. The van der Waals surface area contributed by atoms with E-state index >= 15 is 0 Å². The summed E-state index contributed by atoms with van der Waals surface area (Å²) in [6.45, 7) is 4.56. The summed E-state index contributed by atoms with van der Waals surface area (Å²) in [6.07, 6.45) is 8.99. The van der Waals surface area contributed by atoms with Gasteiger partial charge in [-0.2, -0.15) is 0 Å². The van der Waals surface area contributed by atoms with Gasteiger partial charge in [0.1, 0.15) is 11.2 Å². The molecule has 5 aliphatic rings. The Bertz CT molecular complexity index is 2510. The first-order valence-corrected chi connectivity index (χ1v) is 19.8. The Hall–Kier alpha value is -5.08. The predicted molar refractivity (Wildman–Crippen MR) is 216 cm³/mol. The summed E-state index contributed by atoms with van der Waals surface area (Å²) in [4.78, 5) is 2.55. The third-order valence-corrected chi connectivity index (χ3v) is 13.8. The number of furan rings is 1. The quantitative estimate of drug-likeness (QED) is 0.174. The molecule has 2 heteroatoms. The lowest BCUT2D eigenvalue weighted by Crippen LogP contribution is -2.55. The summed E-state index contributed by atoms with van der Waals surface area (Å²) in [6, 6.07) is 48.2. The van der Waals surface area contributed by atoms with E-state index in [1.165, 1.54) is 82.2 Å². The second-order valence-corrected chi connectivity index (χ2v) is 16.2. The van der Waals surface area contributed by atoms with Gasteiger partial charge in [-0.1, -0.05) is 98.8 Å². The highest BCUT2D eigenvalue weighted by atomic mass is 16.3. The number of fused-ring (bicyclic) bond motifs is 6. The highest BCUT2D eigenvalue weighted by molar-refractivity contribution is 6.06. The van der Waals surface area contributed by atoms with Crippen molar-refractivity contribution in [3.05, 3.63) is 150 Å². The van der Waals surface area contributed by atoms with Crippen molar-refractivity contribution in [3.8, 4) is 22.3 Å². The molecule has 7 aromatic rings. The molecule has 0 saturated heterocycles. The lowest BCUT2D eigenvalue weighted by Gasteiger charge is -2.61. The molecule has 2 nitrogen and oxygen atoms in total. The van der Waals surface area contributed by atoms with Gasteiger partial charge >= 0.3 is 0 Å². The van der Waals surface area contributed by atoms with E-state index in [1.54, 1.807) is 11.1 Å². The maximum Gasteiger partial charge on any atom is 0.137 e. The van der Waals surface area contributed by atoms with Gasteiger partial charge in [-0.15, -0.1) is 0 Å². The molecule has 0 N–H and O–H groups in total. The molecule has 4 bridgehead atoms. The first kappa shape index (κ1) is 30.5. The number of para-hydroxylation sites is 1. The van der Waals surface area contributed by atoms with E-state index in [-0.39, 0.29) is 5.41 Å². The van der Waals surface area contributed by atoms with Crippen LogP contribution < -0.4 is 4.90 Å². The Morgan fingerprint density at radius 3 is 1.98 bits per heavy atom. The van der Waals surface area contributed by atoms with E-state index in [0.717, 1.165) is 58.8 Å². The van der Waals surface area contributed by atoms with Crippen LogP contribution in [0.25, 0.3) is 44.2 Å². The summed E-state index contributed by atoms with van der Waals surface area (Å²) in [5, 5.41) is 2.33. The lowest BCUT2D eigenvalue weighted by atomic mass is 9.43. The van der Waals surface area contributed by atoms with Gasteiger partial charge in [0.05, 0.1) is 5.69 Å². The topological polar surface area (TPSA) is 16.4 Å². The molecule has 6 aromatic carbocycles. The van der Waals surface area contributed by atoms with Crippen molar-refractivity contribution in [1.82, 2.24) is 0 Å². The molecule has 5 aliphatic carbocycles. The van der Waals surface area contributed by atoms with Crippen molar-refractivity contribution < 1.29 is 4.42 Å². The third-order valence-electron chi connectivity index (χ3n) is 13.8. The SMILES string of the molecule is CCc1ccccc1-c1ccc(N(c2ccc3c(c2)oc2ccccc23)c2cccc3c2-c2ccccc2C32C3CC4CC(C3)CC2C4)cc1CC. The number of hydrogen-bond donors (Lipinski definition) is 0. The maximum atomic E-state index is 6.54. The van der Waals surface area contributed by atoms with Crippen molar-refractivity contribution in [2.75, 3.05) is 4.90 Å². The average Bonchev–Trinajstić information content (AvgIpc) is 3.70. The average molecular weight is 676 g/mol. The molecule has 0 radical (unpaired) electrons. The molecule has 1 aromatic heterocycles. The van der Waals surface area contributed by atoms with Crippen LogP contribution >= 0.6 is 0 Å². The Kier molecular flexibility index (Phi) is 6.73. The van der Waals surface area contributed by atoms with Gasteiger partial charge in [0.25, 0.3) is 0 Å². The molecule has 0 aliphatic heterocycles. The second-order valence-electron chi connectivity index (χ2n) is 16.2. The van der Waals surface area contributed by atoms with Crippen LogP contribution in [-0.2, 0) is 18.3 Å². The van der Waals surface area contributed by atoms with Crippen molar-refractivity contribution >= 4 is 39.0 Å². The fraction of sp³-hybridized carbons (Fsp3) is 0.280. The van der Waals surface area contributed by atoms with Crippen LogP contribution in [0.15, 0.2) is 132 Å². The summed E-state index contributed by atoms with van der Waals surface area (Å²) in [5.74, 6) is 3.30. The normalized spacial score (nSPS) is 23.8. The predicted octanol–water partition coefficient (Wildman–Crippen LogP) is 13.6. The first-order valence-electron chi connectivity index (χ1n) is 19.8. The van der Waals surface area contributed by atoms with Crippen molar-refractivity contribution in [1.29, 1.82) is 0 Å². The van der Waals surface area contributed by atoms with Gasteiger partial charge < -0.3 is 9.32 Å². The molecule has 12 rings (SSSR count). The highest BCUT2D eigenvalue weighted by Crippen LogP contribution is 2.70. The van der Waals surface area contributed by atoms with Gasteiger partial charge in [-0.25, -0.2) is 0 Å². The zero-order chi connectivity index (χ0) is 34.6. The van der Waals surface area contributed by atoms with E-state index < -0.39 is 0 Å². The zero-order valence-electron chi connectivity index (χ0n) is 30.2. The highest BCUT2D eigenvalue weighted by Gasteiger charge is 2.61. The minimum Gasteiger partial charge on any atom is -0.456 e. The molecule has 1 spiro atoms. The van der Waals surface area contributed by atoms with E-state index in [9.17, 15) is 0 Å². The number of aryl methyl sites for hydroxylation is 2. The molecule has 0 unspecified atom stereocenters. The minimum atomic E-state index is 0.117. The first-order chi connectivity index (χ1) is 25.6. The molecule has 1 heterocycles. The summed E-state index contributed by atoms with van der Waals surface area (Å²) in [5.41, 5.74) is 17.1. The van der Waals surface area contributed by atoms with Crippen LogP contribution in [-0.4, -0.2) is 0 Å². The summed E-state index contributed by atoms with van der Waals surface area (Å²) < 4.78 is 6.54. The number of hydrogen-bond acceptors (Lipinski definition) is 2. The van der Waals surface area contributed by atoms with E-state index in [1.807, 2.05) is 0 Å². The molecule has 0 amide bonds.